The van der Waals surface area contributed by atoms with Crippen molar-refractivity contribution in [1.29, 1.82) is 0 Å². The second-order valence-electron chi connectivity index (χ2n) is 3.98. The van der Waals surface area contributed by atoms with Crippen LogP contribution in [0, 0.1) is 12.7 Å². The largest absolute Gasteiger partial charge is 0.508 e. The van der Waals surface area contributed by atoms with Crippen LogP contribution in [0.5, 0.6) is 5.75 Å². The van der Waals surface area contributed by atoms with Crippen LogP contribution < -0.4 is 10.9 Å². The zero-order valence-corrected chi connectivity index (χ0v) is 10.0. The Morgan fingerprint density at radius 2 is 2.05 bits per heavy atom. The number of aromatic nitrogens is 1. The second kappa shape index (κ2) is 4.93. The van der Waals surface area contributed by atoms with E-state index >= 15 is 0 Å². The first kappa shape index (κ1) is 12.8. The highest BCUT2D eigenvalue weighted by molar-refractivity contribution is 6.05. The molecule has 1 heterocycles. The lowest BCUT2D eigenvalue weighted by Crippen LogP contribution is -2.17. The summed E-state index contributed by atoms with van der Waals surface area (Å²) in [5.41, 5.74) is 0.273. The van der Waals surface area contributed by atoms with E-state index in [9.17, 15) is 14.0 Å². The zero-order chi connectivity index (χ0) is 14.0. The molecule has 98 valence electrons. The summed E-state index contributed by atoms with van der Waals surface area (Å²) in [5.74, 6) is -1.51. The lowest BCUT2D eigenvalue weighted by atomic mass is 10.2. The summed E-state index contributed by atoms with van der Waals surface area (Å²) in [6, 6.07) is 5.99. The summed E-state index contributed by atoms with van der Waals surface area (Å²) in [7, 11) is 0. The molecule has 0 aliphatic heterocycles. The number of anilines is 1. The second-order valence-corrected chi connectivity index (χ2v) is 3.98. The number of pyridine rings is 1. The number of aromatic amines is 1. The molecule has 0 bridgehead atoms. The van der Waals surface area contributed by atoms with Crippen molar-refractivity contribution in [2.75, 3.05) is 5.32 Å². The topological polar surface area (TPSA) is 82.2 Å². The van der Waals surface area contributed by atoms with E-state index in [2.05, 4.69) is 10.3 Å². The molecule has 0 aliphatic rings. The molecule has 2 rings (SSSR count). The number of hydrogen-bond acceptors (Lipinski definition) is 3. The Balaban J connectivity index is 2.28. The highest BCUT2D eigenvalue weighted by Crippen LogP contribution is 2.20. The van der Waals surface area contributed by atoms with Crippen molar-refractivity contribution in [3.8, 4) is 5.75 Å². The molecule has 5 nitrogen and oxygen atoms in total. The molecule has 0 spiro atoms. The van der Waals surface area contributed by atoms with Gasteiger partial charge in [0.2, 0.25) is 5.56 Å². The Morgan fingerprint density at radius 3 is 2.68 bits per heavy atom. The maximum atomic E-state index is 13.5. The van der Waals surface area contributed by atoms with Crippen molar-refractivity contribution in [3.05, 3.63) is 57.8 Å². The molecule has 19 heavy (non-hydrogen) atoms. The Hall–Kier alpha value is -2.63. The number of nitrogens with one attached hydrogen (secondary N) is 2. The smallest absolute Gasteiger partial charge is 0.257 e. The predicted octanol–water partition coefficient (Wildman–Crippen LogP) is 1.78. The van der Waals surface area contributed by atoms with Crippen LogP contribution >= 0.6 is 0 Å². The van der Waals surface area contributed by atoms with Gasteiger partial charge in [0.05, 0.1) is 11.3 Å². The first-order valence-electron chi connectivity index (χ1n) is 5.47. The Morgan fingerprint density at radius 1 is 1.32 bits per heavy atom. The molecule has 1 amide bonds. The highest BCUT2D eigenvalue weighted by atomic mass is 19.1. The number of hydrogen-bond donors (Lipinski definition) is 3. The van der Waals surface area contributed by atoms with Crippen molar-refractivity contribution in [2.24, 2.45) is 0 Å². The molecule has 0 radical (unpaired) electrons. The Kier molecular flexibility index (Phi) is 3.33. The van der Waals surface area contributed by atoms with E-state index in [1.807, 2.05) is 0 Å². The molecule has 0 fully saturated rings. The first-order chi connectivity index (χ1) is 8.97. The Labute approximate surface area is 107 Å². The van der Waals surface area contributed by atoms with E-state index in [-0.39, 0.29) is 22.6 Å². The third kappa shape index (κ3) is 2.79. The number of amides is 1. The summed E-state index contributed by atoms with van der Waals surface area (Å²) in [5, 5.41) is 11.4. The molecular formula is C13H11FN2O3. The molecule has 0 saturated carbocycles. The minimum absolute atomic E-state index is 0.0478. The molecule has 1 aromatic carbocycles. The summed E-state index contributed by atoms with van der Waals surface area (Å²) in [4.78, 5) is 25.4. The van der Waals surface area contributed by atoms with E-state index in [4.69, 9.17) is 5.11 Å². The summed E-state index contributed by atoms with van der Waals surface area (Å²) < 4.78 is 13.5. The maximum Gasteiger partial charge on any atom is 0.257 e. The number of phenolic OH excluding ortho intramolecular Hbond substituents is 1. The van der Waals surface area contributed by atoms with Crippen LogP contribution in [0.1, 0.15) is 16.1 Å². The summed E-state index contributed by atoms with van der Waals surface area (Å²) in [6.45, 7) is 1.57. The fourth-order valence-electron chi connectivity index (χ4n) is 1.62. The van der Waals surface area contributed by atoms with Gasteiger partial charge < -0.3 is 15.4 Å². The number of aryl methyl sites for hydroxylation is 1. The van der Waals surface area contributed by atoms with Crippen molar-refractivity contribution < 1.29 is 14.3 Å². The monoisotopic (exact) mass is 262 g/mol. The minimum Gasteiger partial charge on any atom is -0.508 e. The molecule has 0 saturated heterocycles. The molecular weight excluding hydrogens is 251 g/mol. The zero-order valence-electron chi connectivity index (χ0n) is 10.0. The molecule has 2 aromatic rings. The number of halogens is 1. The van der Waals surface area contributed by atoms with Crippen LogP contribution in [0.25, 0.3) is 0 Å². The van der Waals surface area contributed by atoms with Crippen LogP contribution in [-0.2, 0) is 0 Å². The fraction of sp³-hybridized carbons (Fsp3) is 0.0769. The third-order valence-electron chi connectivity index (χ3n) is 2.56. The summed E-state index contributed by atoms with van der Waals surface area (Å²) in [6.07, 6.45) is 0. The van der Waals surface area contributed by atoms with E-state index in [0.29, 0.717) is 5.69 Å². The maximum absolute atomic E-state index is 13.5. The van der Waals surface area contributed by atoms with Gasteiger partial charge in [-0.05, 0) is 25.1 Å². The van der Waals surface area contributed by atoms with E-state index in [0.717, 1.165) is 6.07 Å². The minimum atomic E-state index is -0.740. The number of carbonyl (C=O) groups excluding carboxylic acids is 1. The summed E-state index contributed by atoms with van der Waals surface area (Å²) >= 11 is 0. The van der Waals surface area contributed by atoms with Gasteiger partial charge in [-0.3, -0.25) is 9.59 Å². The predicted molar refractivity (Wildman–Crippen MR) is 67.8 cm³/mol. The van der Waals surface area contributed by atoms with Crippen molar-refractivity contribution in [2.45, 2.75) is 6.92 Å². The van der Waals surface area contributed by atoms with Gasteiger partial charge in [-0.2, -0.15) is 0 Å². The van der Waals surface area contributed by atoms with Crippen LogP contribution in [-0.4, -0.2) is 16.0 Å². The van der Waals surface area contributed by atoms with E-state index in [1.165, 1.54) is 24.3 Å². The van der Waals surface area contributed by atoms with Gasteiger partial charge in [-0.25, -0.2) is 4.39 Å². The molecule has 1 aromatic heterocycles. The van der Waals surface area contributed by atoms with Gasteiger partial charge >= 0.3 is 0 Å². The van der Waals surface area contributed by atoms with Gasteiger partial charge in [0.1, 0.15) is 11.6 Å². The number of benzene rings is 1. The molecule has 3 N–H and O–H groups in total. The van der Waals surface area contributed by atoms with Crippen molar-refractivity contribution >= 4 is 11.6 Å². The highest BCUT2D eigenvalue weighted by Gasteiger charge is 2.12. The van der Waals surface area contributed by atoms with Crippen LogP contribution in [0.3, 0.4) is 0 Å². The first-order valence-corrected chi connectivity index (χ1v) is 5.47. The number of aromatic hydroxyl groups is 1. The van der Waals surface area contributed by atoms with E-state index < -0.39 is 11.7 Å². The van der Waals surface area contributed by atoms with Gasteiger partial charge in [0.25, 0.3) is 5.91 Å². The standard InChI is InChI=1S/C13H11FN2O3/c1-7-9(3-5-12(18)15-7)13(19)16-11-4-2-8(17)6-10(11)14/h2-6,17H,1H3,(H,15,18)(H,16,19). The average molecular weight is 262 g/mol. The van der Waals surface area contributed by atoms with E-state index in [1.54, 1.807) is 6.92 Å². The third-order valence-corrected chi connectivity index (χ3v) is 2.56. The molecule has 0 unspecified atom stereocenters. The fourth-order valence-corrected chi connectivity index (χ4v) is 1.62. The van der Waals surface area contributed by atoms with Gasteiger partial charge in [0, 0.05) is 17.8 Å². The quantitative estimate of drug-likeness (QED) is 0.721. The van der Waals surface area contributed by atoms with Crippen LogP contribution in [0.2, 0.25) is 0 Å². The van der Waals surface area contributed by atoms with Gasteiger partial charge in [-0.1, -0.05) is 0 Å². The SMILES string of the molecule is Cc1[nH]c(=O)ccc1C(=O)Nc1ccc(O)cc1F. The number of H-pyrrole nitrogens is 1. The van der Waals surface area contributed by atoms with Gasteiger partial charge in [0.15, 0.2) is 0 Å². The van der Waals surface area contributed by atoms with Crippen LogP contribution in [0.15, 0.2) is 35.1 Å². The average Bonchev–Trinajstić information content (AvgIpc) is 2.32. The lowest BCUT2D eigenvalue weighted by Gasteiger charge is -2.08. The number of rotatable bonds is 2. The molecule has 0 atom stereocenters. The number of phenols is 1. The van der Waals surface area contributed by atoms with Crippen LogP contribution in [0.4, 0.5) is 10.1 Å². The molecule has 6 heteroatoms. The lowest BCUT2D eigenvalue weighted by molar-refractivity contribution is 0.102. The van der Waals surface area contributed by atoms with Crippen molar-refractivity contribution in [1.82, 2.24) is 4.98 Å². The van der Waals surface area contributed by atoms with Crippen molar-refractivity contribution in [3.63, 3.8) is 0 Å². The normalized spacial score (nSPS) is 10.2. The Bertz CT molecular complexity index is 695. The van der Waals surface area contributed by atoms with Gasteiger partial charge in [-0.15, -0.1) is 0 Å². The molecule has 0 aliphatic carbocycles. The number of carbonyl (C=O) groups is 1.